The standard InChI is InChI=1S/C13H26N2/c1-11(2)13(7-5-8-14-13)12-6-4-9-15(3)10-12/h11-12,14H,4-10H2,1-3H3. The summed E-state index contributed by atoms with van der Waals surface area (Å²) in [6.45, 7) is 8.62. The molecule has 0 bridgehead atoms. The Labute approximate surface area is 94.4 Å². The molecule has 1 N–H and O–H groups in total. The quantitative estimate of drug-likeness (QED) is 0.751. The summed E-state index contributed by atoms with van der Waals surface area (Å²) in [5, 5.41) is 3.83. The van der Waals surface area contributed by atoms with Crippen LogP contribution in [0, 0.1) is 11.8 Å². The molecule has 0 radical (unpaired) electrons. The Hall–Kier alpha value is -0.0800. The second kappa shape index (κ2) is 4.42. The molecule has 2 atom stereocenters. The van der Waals surface area contributed by atoms with Crippen LogP contribution in [0.4, 0.5) is 0 Å². The molecule has 2 heterocycles. The third kappa shape index (κ3) is 2.07. The van der Waals surface area contributed by atoms with Crippen LogP contribution in [0.1, 0.15) is 39.5 Å². The molecular weight excluding hydrogens is 184 g/mol. The van der Waals surface area contributed by atoms with Gasteiger partial charge in [-0.25, -0.2) is 0 Å². The van der Waals surface area contributed by atoms with Gasteiger partial charge in [0, 0.05) is 12.1 Å². The van der Waals surface area contributed by atoms with Gasteiger partial charge in [-0.05, 0) is 57.7 Å². The van der Waals surface area contributed by atoms with Crippen molar-refractivity contribution in [2.24, 2.45) is 11.8 Å². The van der Waals surface area contributed by atoms with E-state index in [2.05, 4.69) is 31.1 Å². The number of hydrogen-bond acceptors (Lipinski definition) is 2. The lowest BCUT2D eigenvalue weighted by Gasteiger charge is -2.45. The van der Waals surface area contributed by atoms with Crippen LogP contribution in [0.25, 0.3) is 0 Å². The van der Waals surface area contributed by atoms with Crippen LogP contribution in [0.3, 0.4) is 0 Å². The van der Waals surface area contributed by atoms with Gasteiger partial charge in [-0.2, -0.15) is 0 Å². The number of hydrogen-bond donors (Lipinski definition) is 1. The lowest BCUT2D eigenvalue weighted by Crippen LogP contribution is -2.55. The fourth-order valence-corrected chi connectivity index (χ4v) is 3.69. The highest BCUT2D eigenvalue weighted by molar-refractivity contribution is 5.02. The fraction of sp³-hybridized carbons (Fsp3) is 1.00. The first-order valence-corrected chi connectivity index (χ1v) is 6.59. The van der Waals surface area contributed by atoms with Gasteiger partial charge in [0.1, 0.15) is 0 Å². The maximum Gasteiger partial charge on any atom is 0.0245 e. The molecule has 2 unspecified atom stereocenters. The Morgan fingerprint density at radius 2 is 2.13 bits per heavy atom. The van der Waals surface area contributed by atoms with Gasteiger partial charge in [0.15, 0.2) is 0 Å². The molecular formula is C13H26N2. The first kappa shape index (κ1) is 11.4. The Bertz CT molecular complexity index is 207. The first-order chi connectivity index (χ1) is 7.15. The fourth-order valence-electron chi connectivity index (χ4n) is 3.69. The van der Waals surface area contributed by atoms with Gasteiger partial charge in [-0.15, -0.1) is 0 Å². The van der Waals surface area contributed by atoms with Crippen molar-refractivity contribution >= 4 is 0 Å². The second-order valence-corrected chi connectivity index (χ2v) is 5.83. The van der Waals surface area contributed by atoms with Crippen molar-refractivity contribution in [3.8, 4) is 0 Å². The molecule has 2 rings (SSSR count). The van der Waals surface area contributed by atoms with Crippen molar-refractivity contribution in [3.05, 3.63) is 0 Å². The van der Waals surface area contributed by atoms with E-state index < -0.39 is 0 Å². The molecule has 0 aromatic rings. The van der Waals surface area contributed by atoms with Gasteiger partial charge >= 0.3 is 0 Å². The zero-order chi connectivity index (χ0) is 10.9. The van der Waals surface area contributed by atoms with Crippen molar-refractivity contribution < 1.29 is 0 Å². The summed E-state index contributed by atoms with van der Waals surface area (Å²) in [5.74, 6) is 1.65. The van der Waals surface area contributed by atoms with E-state index in [4.69, 9.17) is 0 Å². The summed E-state index contributed by atoms with van der Waals surface area (Å²) in [4.78, 5) is 2.51. The predicted molar refractivity (Wildman–Crippen MR) is 65.0 cm³/mol. The molecule has 0 aromatic carbocycles. The minimum absolute atomic E-state index is 0.453. The number of nitrogens with one attached hydrogen (secondary N) is 1. The third-order valence-electron chi connectivity index (χ3n) is 4.60. The van der Waals surface area contributed by atoms with E-state index in [0.717, 1.165) is 11.8 Å². The number of nitrogens with zero attached hydrogens (tertiary/aromatic N) is 1. The number of piperidine rings is 1. The van der Waals surface area contributed by atoms with Crippen molar-refractivity contribution in [1.29, 1.82) is 0 Å². The van der Waals surface area contributed by atoms with E-state index in [1.807, 2.05) is 0 Å². The van der Waals surface area contributed by atoms with Crippen LogP contribution in [0.5, 0.6) is 0 Å². The monoisotopic (exact) mass is 210 g/mol. The summed E-state index contributed by atoms with van der Waals surface area (Å²) in [6, 6.07) is 0. The maximum absolute atomic E-state index is 3.83. The normalized spacial score (nSPS) is 38.8. The lowest BCUT2D eigenvalue weighted by molar-refractivity contribution is 0.0889. The highest BCUT2D eigenvalue weighted by Crippen LogP contribution is 2.38. The summed E-state index contributed by atoms with van der Waals surface area (Å²) in [6.07, 6.45) is 5.58. The summed E-state index contributed by atoms with van der Waals surface area (Å²) < 4.78 is 0. The minimum Gasteiger partial charge on any atom is -0.311 e. The van der Waals surface area contributed by atoms with Gasteiger partial charge in [-0.3, -0.25) is 0 Å². The van der Waals surface area contributed by atoms with Crippen molar-refractivity contribution in [1.82, 2.24) is 10.2 Å². The topological polar surface area (TPSA) is 15.3 Å². The molecule has 2 fully saturated rings. The second-order valence-electron chi connectivity index (χ2n) is 5.83. The zero-order valence-electron chi connectivity index (χ0n) is 10.6. The predicted octanol–water partition coefficient (Wildman–Crippen LogP) is 2.11. The van der Waals surface area contributed by atoms with Crippen LogP contribution in [0.2, 0.25) is 0 Å². The number of rotatable bonds is 2. The van der Waals surface area contributed by atoms with Gasteiger partial charge < -0.3 is 10.2 Å². The Balaban J connectivity index is 2.10. The smallest absolute Gasteiger partial charge is 0.0245 e. The summed E-state index contributed by atoms with van der Waals surface area (Å²) in [7, 11) is 2.27. The van der Waals surface area contributed by atoms with E-state index in [9.17, 15) is 0 Å². The van der Waals surface area contributed by atoms with E-state index >= 15 is 0 Å². The highest BCUT2D eigenvalue weighted by Gasteiger charge is 2.44. The largest absolute Gasteiger partial charge is 0.311 e. The number of likely N-dealkylation sites (tertiary alicyclic amines) is 1. The van der Waals surface area contributed by atoms with Crippen molar-refractivity contribution in [3.63, 3.8) is 0 Å². The molecule has 2 heteroatoms. The van der Waals surface area contributed by atoms with Crippen LogP contribution in [-0.2, 0) is 0 Å². The molecule has 0 saturated carbocycles. The van der Waals surface area contributed by atoms with Crippen molar-refractivity contribution in [2.45, 2.75) is 45.1 Å². The average molecular weight is 210 g/mol. The molecule has 0 amide bonds. The summed E-state index contributed by atoms with van der Waals surface area (Å²) in [5.41, 5.74) is 0.453. The molecule has 2 nitrogen and oxygen atoms in total. The Kier molecular flexibility index (Phi) is 3.36. The molecule has 2 saturated heterocycles. The van der Waals surface area contributed by atoms with E-state index in [-0.39, 0.29) is 0 Å². The van der Waals surface area contributed by atoms with Crippen LogP contribution >= 0.6 is 0 Å². The van der Waals surface area contributed by atoms with Gasteiger partial charge in [-0.1, -0.05) is 13.8 Å². The molecule has 2 aliphatic heterocycles. The lowest BCUT2D eigenvalue weighted by atomic mass is 9.71. The highest BCUT2D eigenvalue weighted by atomic mass is 15.1. The third-order valence-corrected chi connectivity index (χ3v) is 4.60. The summed E-state index contributed by atoms with van der Waals surface area (Å²) >= 11 is 0. The Morgan fingerprint density at radius 3 is 2.67 bits per heavy atom. The first-order valence-electron chi connectivity index (χ1n) is 6.59. The Morgan fingerprint density at radius 1 is 1.33 bits per heavy atom. The van der Waals surface area contributed by atoms with E-state index in [0.29, 0.717) is 5.54 Å². The van der Waals surface area contributed by atoms with Gasteiger partial charge in [0.2, 0.25) is 0 Å². The van der Waals surface area contributed by atoms with Gasteiger partial charge in [0.25, 0.3) is 0 Å². The maximum atomic E-state index is 3.83. The zero-order valence-corrected chi connectivity index (χ0v) is 10.6. The SMILES string of the molecule is CC(C)C1(C2CCCN(C)C2)CCCN1. The molecule has 2 aliphatic rings. The van der Waals surface area contributed by atoms with E-state index in [1.165, 1.54) is 45.3 Å². The van der Waals surface area contributed by atoms with E-state index in [1.54, 1.807) is 0 Å². The van der Waals surface area contributed by atoms with Crippen LogP contribution in [0.15, 0.2) is 0 Å². The molecule has 0 aliphatic carbocycles. The minimum atomic E-state index is 0.453. The van der Waals surface area contributed by atoms with Crippen LogP contribution in [-0.4, -0.2) is 37.1 Å². The average Bonchev–Trinajstić information content (AvgIpc) is 2.67. The van der Waals surface area contributed by atoms with Gasteiger partial charge in [0.05, 0.1) is 0 Å². The van der Waals surface area contributed by atoms with Crippen LogP contribution < -0.4 is 5.32 Å². The molecule has 0 aromatic heterocycles. The molecule has 88 valence electrons. The van der Waals surface area contributed by atoms with Crippen molar-refractivity contribution in [2.75, 3.05) is 26.7 Å². The molecule has 0 spiro atoms. The molecule has 15 heavy (non-hydrogen) atoms.